The van der Waals surface area contributed by atoms with Gasteiger partial charge in [0.1, 0.15) is 0 Å². The van der Waals surface area contributed by atoms with E-state index in [9.17, 15) is 9.59 Å². The zero-order valence-corrected chi connectivity index (χ0v) is 17.5. The zero-order chi connectivity index (χ0) is 18.8. The highest BCUT2D eigenvalue weighted by atomic mass is 35.5. The van der Waals surface area contributed by atoms with Crippen LogP contribution in [-0.4, -0.2) is 49.4 Å². The summed E-state index contributed by atoms with van der Waals surface area (Å²) in [7, 11) is 0. The SMILES string of the molecule is CC(C)(C)CNC(=O)c1ccc(C(=O)N2CCC3(CCNC3)CC2)cc1.Cl. The number of likely N-dealkylation sites (tertiary alicyclic amines) is 1. The van der Waals surface area contributed by atoms with E-state index < -0.39 is 0 Å². The molecule has 0 saturated carbocycles. The van der Waals surface area contributed by atoms with Gasteiger partial charge in [-0.05, 0) is 60.9 Å². The van der Waals surface area contributed by atoms with E-state index in [2.05, 4.69) is 31.4 Å². The van der Waals surface area contributed by atoms with E-state index in [1.807, 2.05) is 4.90 Å². The topological polar surface area (TPSA) is 61.4 Å². The van der Waals surface area contributed by atoms with Crippen LogP contribution < -0.4 is 10.6 Å². The predicted molar refractivity (Wildman–Crippen MR) is 111 cm³/mol. The number of benzene rings is 1. The van der Waals surface area contributed by atoms with Gasteiger partial charge in [0.05, 0.1) is 0 Å². The molecule has 0 radical (unpaired) electrons. The van der Waals surface area contributed by atoms with Crippen LogP contribution in [0.15, 0.2) is 24.3 Å². The Hall–Kier alpha value is -1.59. The van der Waals surface area contributed by atoms with E-state index in [-0.39, 0.29) is 29.6 Å². The van der Waals surface area contributed by atoms with Crippen molar-refractivity contribution in [1.82, 2.24) is 15.5 Å². The van der Waals surface area contributed by atoms with Crippen molar-refractivity contribution in [2.75, 3.05) is 32.7 Å². The van der Waals surface area contributed by atoms with E-state index in [0.29, 0.717) is 23.1 Å². The fourth-order valence-electron chi connectivity index (χ4n) is 3.80. The molecule has 1 spiro atoms. The molecule has 5 nitrogen and oxygen atoms in total. The van der Waals surface area contributed by atoms with Gasteiger partial charge < -0.3 is 15.5 Å². The minimum absolute atomic E-state index is 0. The van der Waals surface area contributed by atoms with Crippen LogP contribution in [0, 0.1) is 10.8 Å². The van der Waals surface area contributed by atoms with Gasteiger partial charge in [0.25, 0.3) is 11.8 Å². The van der Waals surface area contributed by atoms with Gasteiger partial charge in [0, 0.05) is 37.3 Å². The fourth-order valence-corrected chi connectivity index (χ4v) is 3.80. The highest BCUT2D eigenvalue weighted by Gasteiger charge is 2.38. The molecule has 2 fully saturated rings. The molecule has 6 heteroatoms. The predicted octanol–water partition coefficient (Wildman–Crippen LogP) is 3.10. The van der Waals surface area contributed by atoms with Crippen LogP contribution in [0.3, 0.4) is 0 Å². The number of piperidine rings is 1. The van der Waals surface area contributed by atoms with Crippen molar-refractivity contribution >= 4 is 24.2 Å². The summed E-state index contributed by atoms with van der Waals surface area (Å²) in [5, 5.41) is 6.39. The number of carbonyl (C=O) groups is 2. The molecule has 0 atom stereocenters. The van der Waals surface area contributed by atoms with Gasteiger partial charge in [-0.25, -0.2) is 0 Å². The Labute approximate surface area is 168 Å². The molecule has 2 heterocycles. The molecule has 0 aromatic heterocycles. The number of halogens is 1. The van der Waals surface area contributed by atoms with Crippen LogP contribution >= 0.6 is 12.4 Å². The standard InChI is InChI=1S/C21H31N3O2.ClH/c1-20(2,3)14-23-18(25)16-4-6-17(7-5-16)19(26)24-12-9-21(10-13-24)8-11-22-15-21;/h4-7,22H,8-15H2,1-3H3,(H,23,25);1H. The van der Waals surface area contributed by atoms with Crippen molar-refractivity contribution in [3.63, 3.8) is 0 Å². The van der Waals surface area contributed by atoms with Crippen molar-refractivity contribution in [1.29, 1.82) is 0 Å². The Morgan fingerprint density at radius 3 is 2.19 bits per heavy atom. The van der Waals surface area contributed by atoms with Gasteiger partial charge >= 0.3 is 0 Å². The molecule has 1 aromatic carbocycles. The van der Waals surface area contributed by atoms with Crippen molar-refractivity contribution < 1.29 is 9.59 Å². The second-order valence-electron chi connectivity index (χ2n) is 9.04. The Kier molecular flexibility index (Phi) is 6.92. The number of amides is 2. The smallest absolute Gasteiger partial charge is 0.253 e. The Bertz CT molecular complexity index is 651. The van der Waals surface area contributed by atoms with Gasteiger partial charge in [-0.15, -0.1) is 12.4 Å². The summed E-state index contributed by atoms with van der Waals surface area (Å²) in [6.45, 7) is 10.7. The second kappa shape index (κ2) is 8.61. The highest BCUT2D eigenvalue weighted by molar-refractivity contribution is 5.97. The average molecular weight is 394 g/mol. The number of hydrogen-bond donors (Lipinski definition) is 2. The molecule has 2 aliphatic heterocycles. The lowest BCUT2D eigenvalue weighted by molar-refractivity contribution is 0.0607. The summed E-state index contributed by atoms with van der Waals surface area (Å²) in [5.74, 6) is -0.0139. The van der Waals surface area contributed by atoms with Crippen LogP contribution in [0.1, 0.15) is 60.7 Å². The summed E-state index contributed by atoms with van der Waals surface area (Å²) >= 11 is 0. The van der Waals surface area contributed by atoms with Gasteiger partial charge in [-0.3, -0.25) is 9.59 Å². The van der Waals surface area contributed by atoms with Crippen LogP contribution in [0.25, 0.3) is 0 Å². The summed E-state index contributed by atoms with van der Waals surface area (Å²) < 4.78 is 0. The Morgan fingerprint density at radius 2 is 1.67 bits per heavy atom. The van der Waals surface area contributed by atoms with Crippen LogP contribution in [0.4, 0.5) is 0 Å². The van der Waals surface area contributed by atoms with Gasteiger partial charge in [0.15, 0.2) is 0 Å². The summed E-state index contributed by atoms with van der Waals surface area (Å²) in [5.41, 5.74) is 1.72. The molecular weight excluding hydrogens is 362 g/mol. The molecule has 3 rings (SSSR count). The molecule has 27 heavy (non-hydrogen) atoms. The number of hydrogen-bond acceptors (Lipinski definition) is 3. The Balaban J connectivity index is 0.00000261. The molecule has 2 amide bonds. The van der Waals surface area contributed by atoms with Gasteiger partial charge in [0.2, 0.25) is 0 Å². The highest BCUT2D eigenvalue weighted by Crippen LogP contribution is 2.37. The average Bonchev–Trinajstić information content (AvgIpc) is 3.07. The minimum atomic E-state index is -0.0902. The lowest BCUT2D eigenvalue weighted by Gasteiger charge is -2.38. The first-order valence-electron chi connectivity index (χ1n) is 9.66. The summed E-state index contributed by atoms with van der Waals surface area (Å²) in [6, 6.07) is 7.04. The van der Waals surface area contributed by atoms with Crippen LogP contribution in [0.5, 0.6) is 0 Å². The molecule has 150 valence electrons. The lowest BCUT2D eigenvalue weighted by Crippen LogP contribution is -2.44. The third kappa shape index (κ3) is 5.45. The molecule has 0 bridgehead atoms. The van der Waals surface area contributed by atoms with E-state index in [1.54, 1.807) is 24.3 Å². The molecule has 0 aliphatic carbocycles. The fraction of sp³-hybridized carbons (Fsp3) is 0.619. The summed E-state index contributed by atoms with van der Waals surface area (Å²) in [6.07, 6.45) is 3.39. The van der Waals surface area contributed by atoms with Crippen LogP contribution in [0.2, 0.25) is 0 Å². The third-order valence-corrected chi connectivity index (χ3v) is 5.62. The molecule has 0 unspecified atom stereocenters. The molecule has 2 aliphatic rings. The largest absolute Gasteiger partial charge is 0.352 e. The lowest BCUT2D eigenvalue weighted by atomic mass is 9.78. The molecular formula is C21H32ClN3O2. The normalized spacial score (nSPS) is 18.9. The van der Waals surface area contributed by atoms with Crippen molar-refractivity contribution in [3.05, 3.63) is 35.4 Å². The summed E-state index contributed by atoms with van der Waals surface area (Å²) in [4.78, 5) is 26.9. The van der Waals surface area contributed by atoms with Crippen molar-refractivity contribution in [2.24, 2.45) is 10.8 Å². The van der Waals surface area contributed by atoms with Gasteiger partial charge in [-0.2, -0.15) is 0 Å². The first kappa shape index (κ1) is 21.7. The molecule has 2 saturated heterocycles. The van der Waals surface area contributed by atoms with E-state index >= 15 is 0 Å². The zero-order valence-electron chi connectivity index (χ0n) is 16.6. The second-order valence-corrected chi connectivity index (χ2v) is 9.04. The van der Waals surface area contributed by atoms with E-state index in [4.69, 9.17) is 0 Å². The van der Waals surface area contributed by atoms with E-state index in [1.165, 1.54) is 6.42 Å². The van der Waals surface area contributed by atoms with Crippen LogP contribution in [-0.2, 0) is 0 Å². The van der Waals surface area contributed by atoms with Gasteiger partial charge in [-0.1, -0.05) is 20.8 Å². The monoisotopic (exact) mass is 393 g/mol. The Morgan fingerprint density at radius 1 is 1.07 bits per heavy atom. The van der Waals surface area contributed by atoms with Crippen molar-refractivity contribution in [3.8, 4) is 0 Å². The molecule has 2 N–H and O–H groups in total. The van der Waals surface area contributed by atoms with E-state index in [0.717, 1.165) is 39.0 Å². The maximum atomic E-state index is 12.8. The number of nitrogens with one attached hydrogen (secondary N) is 2. The van der Waals surface area contributed by atoms with Crippen molar-refractivity contribution in [2.45, 2.75) is 40.0 Å². The first-order valence-corrected chi connectivity index (χ1v) is 9.66. The quantitative estimate of drug-likeness (QED) is 0.829. The third-order valence-electron chi connectivity index (χ3n) is 5.62. The first-order chi connectivity index (χ1) is 12.3. The number of nitrogens with zero attached hydrogens (tertiary/aromatic N) is 1. The number of carbonyl (C=O) groups excluding carboxylic acids is 2. The maximum absolute atomic E-state index is 12.8. The number of rotatable bonds is 3. The minimum Gasteiger partial charge on any atom is -0.352 e. The molecule has 1 aromatic rings. The maximum Gasteiger partial charge on any atom is 0.253 e.